The maximum Gasteiger partial charge on any atom is 0.244 e. The Morgan fingerprint density at radius 3 is 2.64 bits per heavy atom. The van der Waals surface area contributed by atoms with E-state index >= 15 is 0 Å². The first-order chi connectivity index (χ1) is 10.4. The van der Waals surface area contributed by atoms with Crippen molar-refractivity contribution >= 4 is 23.7 Å². The van der Waals surface area contributed by atoms with Crippen LogP contribution in [-0.4, -0.2) is 49.4 Å². The van der Waals surface area contributed by atoms with Crippen LogP contribution in [0.4, 0.5) is 0 Å². The zero-order chi connectivity index (χ0) is 16.6. The van der Waals surface area contributed by atoms with Crippen LogP contribution < -0.4 is 14.8 Å². The second-order valence-corrected chi connectivity index (χ2v) is 5.96. The van der Waals surface area contributed by atoms with E-state index in [2.05, 4.69) is 5.32 Å². The maximum absolute atomic E-state index is 11.8. The molecule has 0 aliphatic rings. The van der Waals surface area contributed by atoms with Gasteiger partial charge in [0.25, 0.3) is 0 Å². The average molecular weight is 325 g/mol. The zero-order valence-electron chi connectivity index (χ0n) is 13.4. The van der Waals surface area contributed by atoms with Gasteiger partial charge < -0.3 is 19.9 Å². The highest BCUT2D eigenvalue weighted by molar-refractivity contribution is 7.98. The van der Waals surface area contributed by atoms with Crippen molar-refractivity contribution in [2.45, 2.75) is 12.5 Å². The minimum absolute atomic E-state index is 0.211. The van der Waals surface area contributed by atoms with E-state index in [1.54, 1.807) is 39.4 Å². The Kier molecular flexibility index (Phi) is 7.27. The number of rotatable bonds is 8. The van der Waals surface area contributed by atoms with Gasteiger partial charge in [-0.3, -0.25) is 4.79 Å². The molecular weight excluding hydrogens is 302 g/mol. The number of hydrogen-bond donors (Lipinski definition) is 2. The molecule has 0 aliphatic heterocycles. The van der Waals surface area contributed by atoms with Crippen molar-refractivity contribution in [3.05, 3.63) is 29.8 Å². The molecule has 0 aromatic heterocycles. The van der Waals surface area contributed by atoms with Gasteiger partial charge in [-0.05, 0) is 37.0 Å². The van der Waals surface area contributed by atoms with E-state index in [4.69, 9.17) is 9.47 Å². The Balaban J connectivity index is 2.62. The molecule has 22 heavy (non-hydrogen) atoms. The van der Waals surface area contributed by atoms with Crippen molar-refractivity contribution in [1.29, 1.82) is 0 Å². The molecule has 5 nitrogen and oxygen atoms in total. The summed E-state index contributed by atoms with van der Waals surface area (Å²) >= 11 is 1.53. The lowest BCUT2D eigenvalue weighted by atomic mass is 10.1. The lowest BCUT2D eigenvalue weighted by Gasteiger charge is -2.21. The Morgan fingerprint density at radius 2 is 2.05 bits per heavy atom. The standard InChI is InChI=1S/C16H23NO4S/c1-16(19,11-22-4)10-17-15(18)8-6-12-5-7-13(20-2)14(9-12)21-3/h5-9,19H,10-11H2,1-4H3,(H,17,18)/b8-6+. The topological polar surface area (TPSA) is 67.8 Å². The molecule has 0 fully saturated rings. The third kappa shape index (κ3) is 5.99. The number of aliphatic hydroxyl groups is 1. The summed E-state index contributed by atoms with van der Waals surface area (Å²) in [5.74, 6) is 1.55. The van der Waals surface area contributed by atoms with Crippen LogP contribution in [0.2, 0.25) is 0 Å². The fourth-order valence-corrected chi connectivity index (χ4v) is 2.55. The van der Waals surface area contributed by atoms with E-state index in [-0.39, 0.29) is 12.5 Å². The number of amides is 1. The number of benzene rings is 1. The average Bonchev–Trinajstić information content (AvgIpc) is 2.50. The van der Waals surface area contributed by atoms with Crippen LogP contribution in [0.25, 0.3) is 6.08 Å². The van der Waals surface area contributed by atoms with Gasteiger partial charge >= 0.3 is 0 Å². The van der Waals surface area contributed by atoms with Crippen molar-refractivity contribution in [2.75, 3.05) is 32.8 Å². The minimum Gasteiger partial charge on any atom is -0.493 e. The molecule has 0 spiro atoms. The van der Waals surface area contributed by atoms with E-state index < -0.39 is 5.60 Å². The molecule has 1 rings (SSSR count). The SMILES string of the molecule is COc1ccc(/C=C/C(=O)NCC(C)(O)CSC)cc1OC. The van der Waals surface area contributed by atoms with Crippen LogP contribution in [-0.2, 0) is 4.79 Å². The number of carbonyl (C=O) groups excluding carboxylic acids is 1. The highest BCUT2D eigenvalue weighted by atomic mass is 32.2. The van der Waals surface area contributed by atoms with E-state index in [0.29, 0.717) is 17.3 Å². The van der Waals surface area contributed by atoms with Crippen molar-refractivity contribution in [1.82, 2.24) is 5.32 Å². The molecule has 122 valence electrons. The summed E-state index contributed by atoms with van der Waals surface area (Å²) in [6, 6.07) is 5.39. The second kappa shape index (κ2) is 8.70. The molecule has 2 N–H and O–H groups in total. The Hall–Kier alpha value is -1.66. The van der Waals surface area contributed by atoms with Gasteiger partial charge in [0.2, 0.25) is 5.91 Å². The number of carbonyl (C=O) groups is 1. The number of thioether (sulfide) groups is 1. The highest BCUT2D eigenvalue weighted by Gasteiger charge is 2.19. The van der Waals surface area contributed by atoms with Gasteiger partial charge in [0.15, 0.2) is 11.5 Å². The lowest BCUT2D eigenvalue weighted by molar-refractivity contribution is -0.117. The molecule has 0 heterocycles. The molecule has 0 saturated heterocycles. The van der Waals surface area contributed by atoms with Gasteiger partial charge in [-0.2, -0.15) is 11.8 Å². The lowest BCUT2D eigenvalue weighted by Crippen LogP contribution is -2.41. The predicted molar refractivity (Wildman–Crippen MR) is 90.6 cm³/mol. The van der Waals surface area contributed by atoms with Gasteiger partial charge in [-0.1, -0.05) is 6.07 Å². The molecule has 1 unspecified atom stereocenters. The number of methoxy groups -OCH3 is 2. The van der Waals surface area contributed by atoms with Crippen molar-refractivity contribution in [3.63, 3.8) is 0 Å². The molecule has 0 bridgehead atoms. The van der Waals surface area contributed by atoms with Crippen molar-refractivity contribution in [3.8, 4) is 11.5 Å². The molecule has 6 heteroatoms. The van der Waals surface area contributed by atoms with Gasteiger partial charge in [-0.25, -0.2) is 0 Å². The summed E-state index contributed by atoms with van der Waals surface area (Å²) in [4.78, 5) is 11.8. The van der Waals surface area contributed by atoms with Gasteiger partial charge in [0.1, 0.15) is 0 Å². The second-order valence-electron chi connectivity index (χ2n) is 5.10. The third-order valence-corrected chi connectivity index (χ3v) is 3.84. The van der Waals surface area contributed by atoms with Crippen LogP contribution in [0.1, 0.15) is 12.5 Å². The molecule has 0 saturated carbocycles. The van der Waals surface area contributed by atoms with Crippen LogP contribution in [0.5, 0.6) is 11.5 Å². The van der Waals surface area contributed by atoms with Crippen LogP contribution in [0.15, 0.2) is 24.3 Å². The monoisotopic (exact) mass is 325 g/mol. The largest absolute Gasteiger partial charge is 0.493 e. The van der Waals surface area contributed by atoms with E-state index in [1.165, 1.54) is 17.8 Å². The first-order valence-electron chi connectivity index (χ1n) is 6.81. The molecule has 1 aromatic rings. The molecule has 0 radical (unpaired) electrons. The number of nitrogens with one attached hydrogen (secondary N) is 1. The highest BCUT2D eigenvalue weighted by Crippen LogP contribution is 2.27. The Labute approximate surface area is 135 Å². The summed E-state index contributed by atoms with van der Waals surface area (Å²) in [6.45, 7) is 1.91. The van der Waals surface area contributed by atoms with E-state index in [0.717, 1.165) is 5.56 Å². The normalized spacial score (nSPS) is 13.7. The predicted octanol–water partition coefficient (Wildman–Crippen LogP) is 1.95. The first kappa shape index (κ1) is 18.4. The molecule has 0 aliphatic carbocycles. The van der Waals surface area contributed by atoms with Crippen molar-refractivity contribution < 1.29 is 19.4 Å². The molecule has 1 atom stereocenters. The van der Waals surface area contributed by atoms with Gasteiger partial charge in [0, 0.05) is 18.4 Å². The fraction of sp³-hybridized carbons (Fsp3) is 0.438. The Bertz CT molecular complexity index is 529. The van der Waals surface area contributed by atoms with Crippen LogP contribution >= 0.6 is 11.8 Å². The summed E-state index contributed by atoms with van der Waals surface area (Å²) < 4.78 is 10.4. The first-order valence-corrected chi connectivity index (χ1v) is 8.20. The van der Waals surface area contributed by atoms with Gasteiger partial charge in [-0.15, -0.1) is 0 Å². The van der Waals surface area contributed by atoms with E-state index in [9.17, 15) is 9.90 Å². The summed E-state index contributed by atoms with van der Waals surface area (Å²) in [6.07, 6.45) is 5.02. The summed E-state index contributed by atoms with van der Waals surface area (Å²) in [5, 5.41) is 12.7. The third-order valence-electron chi connectivity index (χ3n) is 2.93. The molecule has 1 amide bonds. The smallest absolute Gasteiger partial charge is 0.244 e. The zero-order valence-corrected chi connectivity index (χ0v) is 14.2. The minimum atomic E-state index is -0.910. The summed E-state index contributed by atoms with van der Waals surface area (Å²) in [7, 11) is 3.13. The molecule has 1 aromatic carbocycles. The fourth-order valence-electron chi connectivity index (χ4n) is 1.83. The number of hydrogen-bond acceptors (Lipinski definition) is 5. The number of ether oxygens (including phenoxy) is 2. The van der Waals surface area contributed by atoms with E-state index in [1.807, 2.05) is 12.3 Å². The van der Waals surface area contributed by atoms with Crippen molar-refractivity contribution in [2.24, 2.45) is 0 Å². The quantitative estimate of drug-likeness (QED) is 0.715. The summed E-state index contributed by atoms with van der Waals surface area (Å²) in [5.41, 5.74) is -0.0876. The maximum atomic E-state index is 11.8. The molecular formula is C16H23NO4S. The van der Waals surface area contributed by atoms with Crippen LogP contribution in [0.3, 0.4) is 0 Å². The van der Waals surface area contributed by atoms with Gasteiger partial charge in [0.05, 0.1) is 19.8 Å². The Morgan fingerprint density at radius 1 is 1.36 bits per heavy atom. The van der Waals surface area contributed by atoms with Crippen LogP contribution in [0, 0.1) is 0 Å².